The Kier molecular flexibility index (Phi) is 6.74. The molecule has 0 spiro atoms. The van der Waals surface area contributed by atoms with E-state index in [1.54, 1.807) is 19.2 Å². The number of carbonyl (C=O) groups excluding carboxylic acids is 1. The van der Waals surface area contributed by atoms with Crippen LogP contribution in [-0.4, -0.2) is 49.7 Å². The lowest BCUT2D eigenvalue weighted by Gasteiger charge is -2.19. The second-order valence-electron chi connectivity index (χ2n) is 6.54. The molecule has 1 fully saturated rings. The highest BCUT2D eigenvalue weighted by Gasteiger charge is 2.37. The number of halogens is 2. The molecular weight excluding hydrogens is 421 g/mol. The Balaban J connectivity index is 1.56. The number of rotatable bonds is 7. The van der Waals surface area contributed by atoms with Crippen LogP contribution in [0, 0.1) is 5.82 Å². The van der Waals surface area contributed by atoms with E-state index in [0.717, 1.165) is 15.9 Å². The van der Waals surface area contributed by atoms with Gasteiger partial charge in [-0.2, -0.15) is 17.0 Å². The van der Waals surface area contributed by atoms with Crippen molar-refractivity contribution in [1.29, 1.82) is 0 Å². The fraction of sp³-hybridized carbons (Fsp3) is 0.316. The highest BCUT2D eigenvalue weighted by molar-refractivity contribution is 7.87. The van der Waals surface area contributed by atoms with E-state index in [1.807, 2.05) is 12.1 Å². The van der Waals surface area contributed by atoms with E-state index in [4.69, 9.17) is 16.3 Å². The van der Waals surface area contributed by atoms with Crippen molar-refractivity contribution in [3.8, 4) is 5.75 Å². The lowest BCUT2D eigenvalue weighted by atomic mass is 10.2. The molecule has 7 nitrogen and oxygen atoms in total. The number of hydrogen-bond acceptors (Lipinski definition) is 4. The molecule has 0 unspecified atom stereocenters. The SMILES string of the molecule is COc1ccc(CNC(=O)CN2CCN(Cc3ccc(F)cc3Cl)S2(=O)=O)cc1. The van der Waals surface area contributed by atoms with Gasteiger partial charge in [0.15, 0.2) is 0 Å². The standard InChI is InChI=1S/C19H21ClFN3O4S/c1-28-17-6-2-14(3-7-17)11-22-19(25)13-24-9-8-23(29(24,26)27)12-15-4-5-16(21)10-18(15)20/h2-7,10H,8-9,11-13H2,1H3,(H,22,25). The molecule has 29 heavy (non-hydrogen) atoms. The monoisotopic (exact) mass is 441 g/mol. The molecule has 0 bridgehead atoms. The fourth-order valence-corrected chi connectivity index (χ4v) is 4.70. The summed E-state index contributed by atoms with van der Waals surface area (Å²) >= 11 is 5.99. The summed E-state index contributed by atoms with van der Waals surface area (Å²) in [6.45, 7) is 0.446. The average Bonchev–Trinajstić information content (AvgIpc) is 2.96. The van der Waals surface area contributed by atoms with Crippen LogP contribution in [0.3, 0.4) is 0 Å². The van der Waals surface area contributed by atoms with E-state index >= 15 is 0 Å². The molecule has 156 valence electrons. The molecule has 1 aliphatic rings. The van der Waals surface area contributed by atoms with Crippen LogP contribution in [0.25, 0.3) is 0 Å². The van der Waals surface area contributed by atoms with Crippen LogP contribution in [0.15, 0.2) is 42.5 Å². The number of nitrogens with one attached hydrogen (secondary N) is 1. The molecule has 0 saturated carbocycles. The van der Waals surface area contributed by atoms with E-state index in [0.29, 0.717) is 11.3 Å². The van der Waals surface area contributed by atoms with E-state index in [-0.39, 0.29) is 37.7 Å². The van der Waals surface area contributed by atoms with Gasteiger partial charge in [-0.15, -0.1) is 0 Å². The second kappa shape index (κ2) is 9.08. The Morgan fingerprint density at radius 2 is 1.86 bits per heavy atom. The Labute approximate surface area is 174 Å². The van der Waals surface area contributed by atoms with Crippen molar-refractivity contribution in [3.05, 3.63) is 64.4 Å². The number of methoxy groups -OCH3 is 1. The highest BCUT2D eigenvalue weighted by Crippen LogP contribution is 2.24. The van der Waals surface area contributed by atoms with Gasteiger partial charge < -0.3 is 10.1 Å². The topological polar surface area (TPSA) is 79.0 Å². The van der Waals surface area contributed by atoms with Crippen LogP contribution in [0.4, 0.5) is 4.39 Å². The average molecular weight is 442 g/mol. The van der Waals surface area contributed by atoms with Crippen LogP contribution in [0.1, 0.15) is 11.1 Å². The van der Waals surface area contributed by atoms with Crippen molar-refractivity contribution in [2.24, 2.45) is 0 Å². The number of benzene rings is 2. The van der Waals surface area contributed by atoms with Crippen LogP contribution < -0.4 is 10.1 Å². The Bertz CT molecular complexity index is 985. The summed E-state index contributed by atoms with van der Waals surface area (Å²) in [5.41, 5.74) is 1.37. The first-order valence-electron chi connectivity index (χ1n) is 8.88. The quantitative estimate of drug-likeness (QED) is 0.714. The maximum absolute atomic E-state index is 13.2. The third-order valence-corrected chi connectivity index (χ3v) is 6.86. The van der Waals surface area contributed by atoms with E-state index in [1.165, 1.54) is 16.4 Å². The summed E-state index contributed by atoms with van der Waals surface area (Å²) < 4.78 is 46.0. The molecule has 1 heterocycles. The lowest BCUT2D eigenvalue weighted by molar-refractivity contribution is -0.121. The van der Waals surface area contributed by atoms with Crippen molar-refractivity contribution >= 4 is 27.7 Å². The van der Waals surface area contributed by atoms with Gasteiger partial charge in [-0.05, 0) is 35.4 Å². The lowest BCUT2D eigenvalue weighted by Crippen LogP contribution is -2.40. The molecule has 1 N–H and O–H groups in total. The van der Waals surface area contributed by atoms with Gasteiger partial charge in [-0.3, -0.25) is 4.79 Å². The Hall–Kier alpha value is -2.20. The third-order valence-electron chi connectivity index (χ3n) is 4.58. The first-order valence-corrected chi connectivity index (χ1v) is 10.7. The number of hydrogen-bond donors (Lipinski definition) is 1. The molecule has 0 aromatic heterocycles. The molecule has 3 rings (SSSR count). The zero-order valence-electron chi connectivity index (χ0n) is 15.8. The van der Waals surface area contributed by atoms with Crippen molar-refractivity contribution in [1.82, 2.24) is 13.9 Å². The maximum Gasteiger partial charge on any atom is 0.282 e. The smallest absolute Gasteiger partial charge is 0.282 e. The molecule has 0 aliphatic carbocycles. The summed E-state index contributed by atoms with van der Waals surface area (Å²) in [6, 6.07) is 11.0. The zero-order chi connectivity index (χ0) is 21.0. The summed E-state index contributed by atoms with van der Waals surface area (Å²) in [5, 5.41) is 2.88. The first-order chi connectivity index (χ1) is 13.8. The summed E-state index contributed by atoms with van der Waals surface area (Å²) in [7, 11) is -2.23. The summed E-state index contributed by atoms with van der Waals surface area (Å²) in [5.74, 6) is -0.172. The minimum absolute atomic E-state index is 0.0193. The number of amides is 1. The van der Waals surface area contributed by atoms with Crippen LogP contribution >= 0.6 is 11.6 Å². The van der Waals surface area contributed by atoms with E-state index < -0.39 is 21.9 Å². The molecule has 1 aliphatic heterocycles. The number of ether oxygens (including phenoxy) is 1. The third kappa shape index (κ3) is 5.24. The molecule has 0 atom stereocenters. The zero-order valence-corrected chi connectivity index (χ0v) is 17.3. The van der Waals surface area contributed by atoms with Crippen molar-refractivity contribution in [3.63, 3.8) is 0 Å². The van der Waals surface area contributed by atoms with Crippen LogP contribution in [-0.2, 0) is 28.1 Å². The largest absolute Gasteiger partial charge is 0.497 e. The molecule has 0 radical (unpaired) electrons. The fourth-order valence-electron chi connectivity index (χ4n) is 2.94. The summed E-state index contributed by atoms with van der Waals surface area (Å²) in [4.78, 5) is 12.2. The van der Waals surface area contributed by atoms with Gasteiger partial charge >= 0.3 is 0 Å². The first kappa shape index (κ1) is 21.5. The molecule has 10 heteroatoms. The molecular formula is C19H21ClFN3O4S. The van der Waals surface area contributed by atoms with Crippen LogP contribution in [0.2, 0.25) is 5.02 Å². The Morgan fingerprint density at radius 1 is 1.17 bits per heavy atom. The van der Waals surface area contributed by atoms with Crippen molar-refractivity contribution in [2.75, 3.05) is 26.7 Å². The van der Waals surface area contributed by atoms with Gasteiger partial charge in [0.2, 0.25) is 5.91 Å². The molecule has 2 aromatic carbocycles. The minimum Gasteiger partial charge on any atom is -0.497 e. The van der Waals surface area contributed by atoms with Gasteiger partial charge in [-0.25, -0.2) is 4.39 Å². The van der Waals surface area contributed by atoms with Crippen LogP contribution in [0.5, 0.6) is 5.75 Å². The molecule has 1 amide bonds. The normalized spacial score (nSPS) is 16.7. The Morgan fingerprint density at radius 3 is 2.52 bits per heavy atom. The molecule has 1 saturated heterocycles. The van der Waals surface area contributed by atoms with Gasteiger partial charge in [0.05, 0.1) is 13.7 Å². The van der Waals surface area contributed by atoms with Gasteiger partial charge in [0.1, 0.15) is 11.6 Å². The van der Waals surface area contributed by atoms with E-state index in [2.05, 4.69) is 5.32 Å². The van der Waals surface area contributed by atoms with Crippen molar-refractivity contribution in [2.45, 2.75) is 13.1 Å². The van der Waals surface area contributed by atoms with Crippen molar-refractivity contribution < 1.29 is 22.3 Å². The highest BCUT2D eigenvalue weighted by atomic mass is 35.5. The number of nitrogens with zero attached hydrogens (tertiary/aromatic N) is 2. The second-order valence-corrected chi connectivity index (χ2v) is 8.87. The van der Waals surface area contributed by atoms with Gasteiger partial charge in [0, 0.05) is 31.2 Å². The number of carbonyl (C=O) groups is 1. The van der Waals surface area contributed by atoms with Gasteiger partial charge in [0.25, 0.3) is 10.2 Å². The minimum atomic E-state index is -3.80. The summed E-state index contributed by atoms with van der Waals surface area (Å²) in [6.07, 6.45) is 0. The predicted octanol–water partition coefficient (Wildman–Crippen LogP) is 2.17. The maximum atomic E-state index is 13.2. The van der Waals surface area contributed by atoms with E-state index in [9.17, 15) is 17.6 Å². The predicted molar refractivity (Wildman–Crippen MR) is 107 cm³/mol. The van der Waals surface area contributed by atoms with Gasteiger partial charge in [-0.1, -0.05) is 29.8 Å². The molecule has 2 aromatic rings.